The molecule has 0 unspecified atom stereocenters. The fourth-order valence-electron chi connectivity index (χ4n) is 1.69. The Bertz CT molecular complexity index is 623. The van der Waals surface area contributed by atoms with Crippen molar-refractivity contribution in [1.29, 1.82) is 0 Å². The van der Waals surface area contributed by atoms with Crippen LogP contribution in [0.25, 0.3) is 0 Å². The second-order valence-electron chi connectivity index (χ2n) is 4.21. The molecule has 0 aliphatic rings. The zero-order valence-electron chi connectivity index (χ0n) is 10.2. The van der Waals surface area contributed by atoms with Crippen molar-refractivity contribution in [2.75, 3.05) is 11.1 Å². The van der Waals surface area contributed by atoms with Crippen LogP contribution in [0.4, 0.5) is 15.8 Å². The first-order chi connectivity index (χ1) is 8.95. The number of anilines is 2. The Morgan fingerprint density at radius 1 is 1.26 bits per heavy atom. The Hall–Kier alpha value is -1.88. The first-order valence-corrected chi connectivity index (χ1v) is 6.38. The zero-order valence-corrected chi connectivity index (χ0v) is 11.8. The number of nitrogens with two attached hydrogens (primary N) is 1. The number of carbonyl (C=O) groups is 1. The molecule has 0 aromatic heterocycles. The average Bonchev–Trinajstić information content (AvgIpc) is 2.31. The van der Waals surface area contributed by atoms with Crippen molar-refractivity contribution < 1.29 is 9.18 Å². The van der Waals surface area contributed by atoms with Gasteiger partial charge in [0.25, 0.3) is 5.91 Å². The summed E-state index contributed by atoms with van der Waals surface area (Å²) in [5.41, 5.74) is 7.77. The fraction of sp³-hybridized carbons (Fsp3) is 0.0714. The SMILES string of the molecule is Cc1cc(F)cc(C(=O)Nc2ccc(N)cc2Br)c1. The number of carbonyl (C=O) groups excluding carboxylic acids is 1. The molecule has 2 aromatic rings. The summed E-state index contributed by atoms with van der Waals surface area (Å²) >= 11 is 3.31. The molecule has 1 amide bonds. The Morgan fingerprint density at radius 2 is 2.00 bits per heavy atom. The molecule has 2 aromatic carbocycles. The maximum Gasteiger partial charge on any atom is 0.255 e. The largest absolute Gasteiger partial charge is 0.399 e. The monoisotopic (exact) mass is 322 g/mol. The summed E-state index contributed by atoms with van der Waals surface area (Å²) in [6, 6.07) is 9.25. The van der Waals surface area contributed by atoms with Gasteiger partial charge in [-0.05, 0) is 64.8 Å². The highest BCUT2D eigenvalue weighted by atomic mass is 79.9. The lowest BCUT2D eigenvalue weighted by Gasteiger charge is -2.08. The molecule has 19 heavy (non-hydrogen) atoms. The Labute approximate surface area is 118 Å². The highest BCUT2D eigenvalue weighted by molar-refractivity contribution is 9.10. The summed E-state index contributed by atoms with van der Waals surface area (Å²) in [6.07, 6.45) is 0. The van der Waals surface area contributed by atoms with E-state index in [-0.39, 0.29) is 11.5 Å². The molecule has 0 atom stereocenters. The predicted molar refractivity (Wildman–Crippen MR) is 77.6 cm³/mol. The summed E-state index contributed by atoms with van der Waals surface area (Å²) in [6.45, 7) is 1.74. The quantitative estimate of drug-likeness (QED) is 0.828. The molecule has 0 bridgehead atoms. The molecule has 3 N–H and O–H groups in total. The summed E-state index contributed by atoms with van der Waals surface area (Å²) in [5.74, 6) is -0.797. The van der Waals surface area contributed by atoms with Crippen LogP contribution in [0, 0.1) is 12.7 Å². The van der Waals surface area contributed by atoms with Gasteiger partial charge in [-0.2, -0.15) is 0 Å². The van der Waals surface area contributed by atoms with E-state index in [1.165, 1.54) is 12.1 Å². The number of amides is 1. The molecule has 0 heterocycles. The van der Waals surface area contributed by atoms with Crippen molar-refractivity contribution in [1.82, 2.24) is 0 Å². The van der Waals surface area contributed by atoms with Gasteiger partial charge in [-0.25, -0.2) is 4.39 Å². The second-order valence-corrected chi connectivity index (χ2v) is 5.07. The Kier molecular flexibility index (Phi) is 3.85. The molecule has 0 spiro atoms. The highest BCUT2D eigenvalue weighted by Crippen LogP contribution is 2.25. The van der Waals surface area contributed by atoms with Gasteiger partial charge in [-0.3, -0.25) is 4.79 Å². The molecule has 3 nitrogen and oxygen atoms in total. The summed E-state index contributed by atoms with van der Waals surface area (Å²) in [5, 5.41) is 2.70. The maximum absolute atomic E-state index is 13.3. The third-order valence-corrected chi connectivity index (χ3v) is 3.20. The van der Waals surface area contributed by atoms with Gasteiger partial charge in [-0.15, -0.1) is 0 Å². The number of rotatable bonds is 2. The van der Waals surface area contributed by atoms with E-state index in [1.807, 2.05) is 0 Å². The molecule has 0 aliphatic carbocycles. The molecular formula is C14H12BrFN2O. The van der Waals surface area contributed by atoms with E-state index in [4.69, 9.17) is 5.73 Å². The number of halogens is 2. The van der Waals surface area contributed by atoms with Gasteiger partial charge in [0.15, 0.2) is 0 Å². The van der Waals surface area contributed by atoms with Crippen LogP contribution in [0.3, 0.4) is 0 Å². The van der Waals surface area contributed by atoms with Gasteiger partial charge < -0.3 is 11.1 Å². The summed E-state index contributed by atoms with van der Waals surface area (Å²) < 4.78 is 13.9. The van der Waals surface area contributed by atoms with Crippen molar-refractivity contribution in [3.63, 3.8) is 0 Å². The number of aryl methyl sites for hydroxylation is 1. The molecule has 0 saturated heterocycles. The minimum atomic E-state index is -0.429. The van der Waals surface area contributed by atoms with Crippen LogP contribution < -0.4 is 11.1 Å². The number of hydrogen-bond acceptors (Lipinski definition) is 2. The van der Waals surface area contributed by atoms with Crippen molar-refractivity contribution in [3.05, 3.63) is 57.8 Å². The van der Waals surface area contributed by atoms with Crippen LogP contribution >= 0.6 is 15.9 Å². The van der Waals surface area contributed by atoms with E-state index >= 15 is 0 Å². The lowest BCUT2D eigenvalue weighted by atomic mass is 10.1. The van der Waals surface area contributed by atoms with E-state index in [0.717, 1.165) is 0 Å². The normalized spacial score (nSPS) is 10.3. The van der Waals surface area contributed by atoms with Crippen molar-refractivity contribution in [2.45, 2.75) is 6.92 Å². The second kappa shape index (κ2) is 5.40. The average molecular weight is 323 g/mol. The molecule has 5 heteroatoms. The van der Waals surface area contributed by atoms with Gasteiger partial charge in [0, 0.05) is 15.7 Å². The molecular weight excluding hydrogens is 311 g/mol. The van der Waals surface area contributed by atoms with Crippen LogP contribution in [0.5, 0.6) is 0 Å². The predicted octanol–water partition coefficient (Wildman–Crippen LogP) is 3.73. The molecule has 0 saturated carbocycles. The van der Waals surface area contributed by atoms with Gasteiger partial charge in [0.1, 0.15) is 5.82 Å². The lowest BCUT2D eigenvalue weighted by molar-refractivity contribution is 0.102. The number of nitrogen functional groups attached to an aromatic ring is 1. The standard InChI is InChI=1S/C14H12BrFN2O/c1-8-4-9(6-10(16)5-8)14(19)18-13-3-2-11(17)7-12(13)15/h2-7H,17H2,1H3,(H,18,19). The van der Waals surface area contributed by atoms with E-state index in [2.05, 4.69) is 21.2 Å². The van der Waals surface area contributed by atoms with E-state index in [9.17, 15) is 9.18 Å². The molecule has 0 aliphatic heterocycles. The van der Waals surface area contributed by atoms with Gasteiger partial charge >= 0.3 is 0 Å². The van der Waals surface area contributed by atoms with Crippen LogP contribution in [0.15, 0.2) is 40.9 Å². The number of nitrogens with one attached hydrogen (secondary N) is 1. The fourth-order valence-corrected chi connectivity index (χ4v) is 2.19. The van der Waals surface area contributed by atoms with Gasteiger partial charge in [0.2, 0.25) is 0 Å². The maximum atomic E-state index is 13.3. The number of benzene rings is 2. The van der Waals surface area contributed by atoms with Gasteiger partial charge in [-0.1, -0.05) is 0 Å². The van der Waals surface area contributed by atoms with Crippen LogP contribution in [-0.4, -0.2) is 5.91 Å². The topological polar surface area (TPSA) is 55.1 Å². The van der Waals surface area contributed by atoms with Crippen molar-refractivity contribution >= 4 is 33.2 Å². The minimum absolute atomic E-state index is 0.279. The van der Waals surface area contributed by atoms with Gasteiger partial charge in [0.05, 0.1) is 5.69 Å². The number of hydrogen-bond donors (Lipinski definition) is 2. The first-order valence-electron chi connectivity index (χ1n) is 5.59. The Morgan fingerprint density at radius 3 is 2.63 bits per heavy atom. The Balaban J connectivity index is 2.25. The summed E-state index contributed by atoms with van der Waals surface area (Å²) in [4.78, 5) is 12.0. The molecule has 2 rings (SSSR count). The van der Waals surface area contributed by atoms with E-state index in [0.29, 0.717) is 21.4 Å². The lowest BCUT2D eigenvalue weighted by Crippen LogP contribution is -2.13. The van der Waals surface area contributed by atoms with E-state index in [1.54, 1.807) is 31.2 Å². The van der Waals surface area contributed by atoms with Crippen molar-refractivity contribution in [2.24, 2.45) is 0 Å². The third-order valence-electron chi connectivity index (χ3n) is 2.55. The minimum Gasteiger partial charge on any atom is -0.399 e. The molecule has 0 radical (unpaired) electrons. The first kappa shape index (κ1) is 13.5. The molecule has 0 fully saturated rings. The van der Waals surface area contributed by atoms with Crippen LogP contribution in [-0.2, 0) is 0 Å². The zero-order chi connectivity index (χ0) is 14.0. The van der Waals surface area contributed by atoms with Crippen LogP contribution in [0.2, 0.25) is 0 Å². The highest BCUT2D eigenvalue weighted by Gasteiger charge is 2.10. The van der Waals surface area contributed by atoms with Crippen molar-refractivity contribution in [3.8, 4) is 0 Å². The third kappa shape index (κ3) is 3.32. The van der Waals surface area contributed by atoms with Crippen LogP contribution in [0.1, 0.15) is 15.9 Å². The van der Waals surface area contributed by atoms with E-state index < -0.39 is 5.82 Å². The molecule has 98 valence electrons. The smallest absolute Gasteiger partial charge is 0.255 e. The summed E-state index contributed by atoms with van der Waals surface area (Å²) in [7, 11) is 0.